The third-order valence-corrected chi connectivity index (χ3v) is 4.67. The number of primary amides is 1. The SMILES string of the molecule is CC(O)C(N)C(=O)NC(CC(N)=O)C(=O)N1CCCC1C(=O)NC(CC(=O)O)C(=O)O. The molecule has 0 aromatic heterocycles. The van der Waals surface area contributed by atoms with Crippen LogP contribution in [-0.2, 0) is 28.8 Å². The molecule has 0 spiro atoms. The number of aliphatic hydroxyl groups excluding tert-OH is 1. The van der Waals surface area contributed by atoms with E-state index in [1.807, 2.05) is 0 Å². The standard InChI is InChI=1S/C17H27N5O9/c1-7(23)13(19)15(28)20-8(5-11(18)24)16(29)22-4-2-3-10(22)14(27)21-9(17(30)31)6-12(25)26/h7-10,13,23H,2-6,19H2,1H3,(H2,18,24)(H,20,28)(H,21,27)(H,25,26)(H,30,31). The highest BCUT2D eigenvalue weighted by Crippen LogP contribution is 2.20. The van der Waals surface area contributed by atoms with E-state index in [0.29, 0.717) is 6.42 Å². The molecular formula is C17H27N5O9. The largest absolute Gasteiger partial charge is 0.481 e. The summed E-state index contributed by atoms with van der Waals surface area (Å²) < 4.78 is 0. The molecule has 0 bridgehead atoms. The Hall–Kier alpha value is -3.26. The van der Waals surface area contributed by atoms with Crippen molar-refractivity contribution in [2.45, 2.75) is 62.9 Å². The van der Waals surface area contributed by atoms with Gasteiger partial charge in [-0.2, -0.15) is 0 Å². The highest BCUT2D eigenvalue weighted by molar-refractivity contribution is 5.96. The summed E-state index contributed by atoms with van der Waals surface area (Å²) in [5, 5.41) is 31.6. The Bertz CT molecular complexity index is 742. The van der Waals surface area contributed by atoms with Crippen LogP contribution in [0.5, 0.6) is 0 Å². The van der Waals surface area contributed by atoms with E-state index in [2.05, 4.69) is 10.6 Å². The van der Waals surface area contributed by atoms with Gasteiger partial charge < -0.3 is 42.3 Å². The van der Waals surface area contributed by atoms with Gasteiger partial charge in [-0.05, 0) is 19.8 Å². The molecule has 1 rings (SSSR count). The first-order valence-electron chi connectivity index (χ1n) is 9.42. The second-order valence-corrected chi connectivity index (χ2v) is 7.18. The van der Waals surface area contributed by atoms with E-state index in [1.54, 1.807) is 0 Å². The van der Waals surface area contributed by atoms with Crippen LogP contribution in [0, 0.1) is 0 Å². The molecule has 0 aromatic rings. The molecule has 1 aliphatic heterocycles. The highest BCUT2D eigenvalue weighted by atomic mass is 16.4. The van der Waals surface area contributed by atoms with E-state index >= 15 is 0 Å². The van der Waals surface area contributed by atoms with Crippen LogP contribution in [0.3, 0.4) is 0 Å². The summed E-state index contributed by atoms with van der Waals surface area (Å²) in [5.74, 6) is -6.54. The summed E-state index contributed by atoms with van der Waals surface area (Å²) >= 11 is 0. The maximum Gasteiger partial charge on any atom is 0.326 e. The first-order valence-corrected chi connectivity index (χ1v) is 9.42. The third kappa shape index (κ3) is 7.49. The summed E-state index contributed by atoms with van der Waals surface area (Å²) in [6.45, 7) is 1.33. The molecular weight excluding hydrogens is 418 g/mol. The lowest BCUT2D eigenvalue weighted by molar-refractivity contribution is -0.148. The summed E-state index contributed by atoms with van der Waals surface area (Å²) in [4.78, 5) is 72.0. The van der Waals surface area contributed by atoms with Gasteiger partial charge in [0.15, 0.2) is 0 Å². The number of aliphatic hydroxyl groups is 1. The zero-order valence-corrected chi connectivity index (χ0v) is 16.8. The van der Waals surface area contributed by atoms with Crippen LogP contribution in [0.2, 0.25) is 0 Å². The summed E-state index contributed by atoms with van der Waals surface area (Å²) in [6, 6.07) is -5.68. The molecule has 1 saturated heterocycles. The van der Waals surface area contributed by atoms with E-state index in [4.69, 9.17) is 21.7 Å². The lowest BCUT2D eigenvalue weighted by atomic mass is 10.1. The van der Waals surface area contributed by atoms with E-state index in [1.165, 1.54) is 6.92 Å². The van der Waals surface area contributed by atoms with Crippen molar-refractivity contribution in [3.05, 3.63) is 0 Å². The first kappa shape index (κ1) is 25.8. The Morgan fingerprint density at radius 1 is 1.06 bits per heavy atom. The van der Waals surface area contributed by atoms with Crippen molar-refractivity contribution in [2.24, 2.45) is 11.5 Å². The van der Waals surface area contributed by atoms with Gasteiger partial charge in [0.2, 0.25) is 23.6 Å². The number of carbonyl (C=O) groups excluding carboxylic acids is 4. The number of carboxylic acids is 2. The van der Waals surface area contributed by atoms with Crippen molar-refractivity contribution >= 4 is 35.6 Å². The van der Waals surface area contributed by atoms with Crippen molar-refractivity contribution in [3.8, 4) is 0 Å². The van der Waals surface area contributed by atoms with Crippen LogP contribution in [0.1, 0.15) is 32.6 Å². The minimum absolute atomic E-state index is 0.0706. The van der Waals surface area contributed by atoms with Gasteiger partial charge in [-0.1, -0.05) is 0 Å². The predicted molar refractivity (Wildman–Crippen MR) is 102 cm³/mol. The number of hydrogen-bond donors (Lipinski definition) is 7. The lowest BCUT2D eigenvalue weighted by Gasteiger charge is -2.29. The van der Waals surface area contributed by atoms with Crippen LogP contribution < -0.4 is 22.1 Å². The van der Waals surface area contributed by atoms with E-state index in [-0.39, 0.29) is 13.0 Å². The predicted octanol–water partition coefficient (Wildman–Crippen LogP) is -3.91. The second-order valence-electron chi connectivity index (χ2n) is 7.18. The fourth-order valence-electron chi connectivity index (χ4n) is 3.03. The lowest BCUT2D eigenvalue weighted by Crippen LogP contribution is -2.58. The number of rotatable bonds is 11. The molecule has 0 saturated carbocycles. The topological polar surface area (TPSA) is 242 Å². The molecule has 4 amide bonds. The minimum Gasteiger partial charge on any atom is -0.481 e. The number of carboxylic acid groups (broad SMARTS) is 2. The number of likely N-dealkylation sites (tertiary alicyclic amines) is 1. The Morgan fingerprint density at radius 2 is 1.68 bits per heavy atom. The molecule has 0 aromatic carbocycles. The van der Waals surface area contributed by atoms with E-state index < -0.39 is 78.7 Å². The Kier molecular flexibility index (Phi) is 9.33. The van der Waals surface area contributed by atoms with Crippen molar-refractivity contribution in [1.29, 1.82) is 0 Å². The third-order valence-electron chi connectivity index (χ3n) is 4.67. The second kappa shape index (κ2) is 11.2. The van der Waals surface area contributed by atoms with Gasteiger partial charge in [0, 0.05) is 6.54 Å². The quantitative estimate of drug-likeness (QED) is 0.163. The molecule has 0 aliphatic carbocycles. The number of aliphatic carboxylic acids is 2. The Labute approximate surface area is 176 Å². The maximum absolute atomic E-state index is 12.9. The van der Waals surface area contributed by atoms with Crippen LogP contribution in [0.15, 0.2) is 0 Å². The molecule has 1 heterocycles. The molecule has 1 fully saturated rings. The molecule has 31 heavy (non-hydrogen) atoms. The van der Waals surface area contributed by atoms with Crippen LogP contribution >= 0.6 is 0 Å². The monoisotopic (exact) mass is 445 g/mol. The van der Waals surface area contributed by atoms with Gasteiger partial charge in [-0.15, -0.1) is 0 Å². The zero-order chi connectivity index (χ0) is 23.9. The average molecular weight is 445 g/mol. The van der Waals surface area contributed by atoms with Crippen LogP contribution in [0.4, 0.5) is 0 Å². The fourth-order valence-corrected chi connectivity index (χ4v) is 3.03. The molecule has 14 heteroatoms. The fraction of sp³-hybridized carbons (Fsp3) is 0.647. The Balaban J connectivity index is 2.98. The van der Waals surface area contributed by atoms with E-state index in [0.717, 1.165) is 4.90 Å². The zero-order valence-electron chi connectivity index (χ0n) is 16.8. The number of carbonyl (C=O) groups is 6. The van der Waals surface area contributed by atoms with Gasteiger partial charge in [0.25, 0.3) is 0 Å². The number of nitrogens with one attached hydrogen (secondary N) is 2. The Morgan fingerprint density at radius 3 is 2.16 bits per heavy atom. The van der Waals surface area contributed by atoms with Crippen molar-refractivity contribution < 1.29 is 44.1 Å². The summed E-state index contributed by atoms with van der Waals surface area (Å²) in [5.41, 5.74) is 10.7. The molecule has 0 radical (unpaired) electrons. The van der Waals surface area contributed by atoms with Gasteiger partial charge in [0.05, 0.1) is 18.9 Å². The smallest absolute Gasteiger partial charge is 0.326 e. The van der Waals surface area contributed by atoms with Crippen LogP contribution in [0.25, 0.3) is 0 Å². The van der Waals surface area contributed by atoms with Gasteiger partial charge >= 0.3 is 11.9 Å². The van der Waals surface area contributed by atoms with Crippen LogP contribution in [-0.4, -0.2) is 92.6 Å². The summed E-state index contributed by atoms with van der Waals surface area (Å²) in [6.07, 6.45) is -2.18. The highest BCUT2D eigenvalue weighted by Gasteiger charge is 2.40. The molecule has 14 nitrogen and oxygen atoms in total. The molecule has 174 valence electrons. The molecule has 5 unspecified atom stereocenters. The van der Waals surface area contributed by atoms with Gasteiger partial charge in [-0.25, -0.2) is 4.79 Å². The number of nitrogens with zero attached hydrogens (tertiary/aromatic N) is 1. The molecule has 9 N–H and O–H groups in total. The van der Waals surface area contributed by atoms with Gasteiger partial charge in [0.1, 0.15) is 24.2 Å². The number of hydrogen-bond acceptors (Lipinski definition) is 8. The van der Waals surface area contributed by atoms with Crippen molar-refractivity contribution in [3.63, 3.8) is 0 Å². The minimum atomic E-state index is -1.70. The number of amides is 4. The normalized spacial score (nSPS) is 19.6. The average Bonchev–Trinajstić information content (AvgIpc) is 3.14. The van der Waals surface area contributed by atoms with E-state index in [9.17, 15) is 33.9 Å². The van der Waals surface area contributed by atoms with Crippen molar-refractivity contribution in [2.75, 3.05) is 6.54 Å². The summed E-state index contributed by atoms with van der Waals surface area (Å²) in [7, 11) is 0. The molecule has 1 aliphatic rings. The van der Waals surface area contributed by atoms with Crippen molar-refractivity contribution in [1.82, 2.24) is 15.5 Å². The number of nitrogens with two attached hydrogens (primary N) is 2. The maximum atomic E-state index is 12.9. The molecule has 5 atom stereocenters. The van der Waals surface area contributed by atoms with Gasteiger partial charge in [-0.3, -0.25) is 24.0 Å². The first-order chi connectivity index (χ1) is 14.3.